The Hall–Kier alpha value is -4.95. The molecular formula is C49H37Br2IN2. The van der Waals surface area contributed by atoms with E-state index < -0.39 is 0 Å². The smallest absolute Gasteiger partial charge is 0.0541 e. The molecule has 0 aliphatic heterocycles. The molecule has 5 heteroatoms. The van der Waals surface area contributed by atoms with Gasteiger partial charge in [0.15, 0.2) is 0 Å². The van der Waals surface area contributed by atoms with Gasteiger partial charge in [-0.1, -0.05) is 161 Å². The van der Waals surface area contributed by atoms with E-state index in [4.69, 9.17) is 0 Å². The number of benzene rings is 8. The molecule has 1 N–H and O–H groups in total. The number of aromatic amines is 1. The van der Waals surface area contributed by atoms with E-state index in [0.29, 0.717) is 0 Å². The van der Waals surface area contributed by atoms with Gasteiger partial charge in [0.05, 0.1) is 11.0 Å². The van der Waals surface area contributed by atoms with E-state index in [-0.39, 0.29) is 7.43 Å². The third-order valence-corrected chi connectivity index (χ3v) is 11.1. The molecule has 10 aromatic rings. The normalized spacial score (nSPS) is 10.7. The molecule has 10 rings (SSSR count). The summed E-state index contributed by atoms with van der Waals surface area (Å²) in [5.74, 6) is 0. The van der Waals surface area contributed by atoms with Crippen LogP contribution in [0.25, 0.3) is 71.6 Å². The predicted molar refractivity (Wildman–Crippen MR) is 249 cm³/mol. The molecule has 8 aromatic carbocycles. The summed E-state index contributed by atoms with van der Waals surface area (Å²) in [6, 6.07) is 68.1. The van der Waals surface area contributed by atoms with E-state index in [1.54, 1.807) is 0 Å². The highest BCUT2D eigenvalue weighted by Crippen LogP contribution is 2.33. The van der Waals surface area contributed by atoms with Crippen molar-refractivity contribution >= 4 is 98.1 Å². The molecule has 0 saturated carbocycles. The Labute approximate surface area is 346 Å². The van der Waals surface area contributed by atoms with Crippen LogP contribution in [0.3, 0.4) is 0 Å². The van der Waals surface area contributed by atoms with Crippen LogP contribution in [-0.4, -0.2) is 9.55 Å². The van der Waals surface area contributed by atoms with Gasteiger partial charge in [0, 0.05) is 50.8 Å². The van der Waals surface area contributed by atoms with Gasteiger partial charge in [-0.15, -0.1) is 0 Å². The number of fused-ring (bicyclic) bond motifs is 6. The van der Waals surface area contributed by atoms with Crippen LogP contribution in [0.2, 0.25) is 0 Å². The Balaban J connectivity index is 0.000000136. The van der Waals surface area contributed by atoms with E-state index in [1.807, 2.05) is 0 Å². The first kappa shape index (κ1) is 37.4. The predicted octanol–water partition coefficient (Wildman–Crippen LogP) is 15.9. The molecule has 2 aromatic heterocycles. The van der Waals surface area contributed by atoms with Crippen LogP contribution in [0.1, 0.15) is 7.43 Å². The van der Waals surface area contributed by atoms with Crippen LogP contribution in [0.15, 0.2) is 203 Å². The van der Waals surface area contributed by atoms with Crippen LogP contribution in [0.4, 0.5) is 0 Å². The first-order chi connectivity index (χ1) is 26.0. The van der Waals surface area contributed by atoms with Gasteiger partial charge in [-0.05, 0) is 118 Å². The molecule has 54 heavy (non-hydrogen) atoms. The number of aromatic nitrogens is 2. The Bertz CT molecular complexity index is 2640. The summed E-state index contributed by atoms with van der Waals surface area (Å²) in [6.45, 7) is 0. The minimum atomic E-state index is 0. The maximum atomic E-state index is 3.50. The van der Waals surface area contributed by atoms with Gasteiger partial charge in [-0.2, -0.15) is 0 Å². The lowest BCUT2D eigenvalue weighted by Crippen LogP contribution is -1.93. The van der Waals surface area contributed by atoms with Crippen LogP contribution < -0.4 is 0 Å². The van der Waals surface area contributed by atoms with Crippen molar-refractivity contribution in [2.45, 2.75) is 7.43 Å². The Morgan fingerprint density at radius 3 is 1.13 bits per heavy atom. The molecule has 0 saturated heterocycles. The molecule has 2 nitrogen and oxygen atoms in total. The standard InChI is InChI=1S/C24H16BrN.C12H8BrI.C12H9N.CH4/c25-19-13-9-17(10-14-19)18-11-15-20(16-12-18)26-23-7-3-1-5-21(23)22-6-2-4-8-24(22)26;13-11-5-1-9(2-6-11)10-3-7-12(14)8-4-10;1-3-7-11-9(5-1)10-6-2-4-8-12(10)13-11;/h1-16H;1-8H;1-8,13H;1H4. The second-order valence-corrected chi connectivity index (χ2v) is 15.7. The summed E-state index contributed by atoms with van der Waals surface area (Å²) >= 11 is 9.24. The third kappa shape index (κ3) is 8.09. The number of hydrogen-bond acceptors (Lipinski definition) is 0. The number of H-pyrrole nitrogens is 1. The minimum absolute atomic E-state index is 0. The highest BCUT2D eigenvalue weighted by molar-refractivity contribution is 14.1. The molecule has 0 fully saturated rings. The van der Waals surface area contributed by atoms with Crippen molar-refractivity contribution in [2.24, 2.45) is 0 Å². The van der Waals surface area contributed by atoms with Crippen molar-refractivity contribution < 1.29 is 0 Å². The minimum Gasteiger partial charge on any atom is -0.355 e. The maximum Gasteiger partial charge on any atom is 0.0541 e. The summed E-state index contributed by atoms with van der Waals surface area (Å²) in [5.41, 5.74) is 11.1. The van der Waals surface area contributed by atoms with Crippen molar-refractivity contribution in [3.8, 4) is 27.9 Å². The van der Waals surface area contributed by atoms with Crippen molar-refractivity contribution in [2.75, 3.05) is 0 Å². The van der Waals surface area contributed by atoms with Crippen LogP contribution in [0, 0.1) is 3.57 Å². The largest absolute Gasteiger partial charge is 0.355 e. The van der Waals surface area contributed by atoms with Gasteiger partial charge in [0.2, 0.25) is 0 Å². The van der Waals surface area contributed by atoms with Crippen LogP contribution in [0.5, 0.6) is 0 Å². The molecule has 0 aliphatic rings. The van der Waals surface area contributed by atoms with Crippen molar-refractivity contribution in [1.29, 1.82) is 0 Å². The second kappa shape index (κ2) is 17.0. The number of rotatable bonds is 3. The summed E-state index contributed by atoms with van der Waals surface area (Å²) in [4.78, 5) is 3.38. The zero-order chi connectivity index (χ0) is 36.1. The van der Waals surface area contributed by atoms with Gasteiger partial charge in [0.25, 0.3) is 0 Å². The van der Waals surface area contributed by atoms with Crippen LogP contribution >= 0.6 is 54.5 Å². The molecular weight excluding hydrogens is 903 g/mol. The maximum absolute atomic E-state index is 3.50. The molecule has 0 bridgehead atoms. The van der Waals surface area contributed by atoms with Crippen molar-refractivity contribution in [1.82, 2.24) is 9.55 Å². The fourth-order valence-corrected chi connectivity index (χ4v) is 7.62. The Morgan fingerprint density at radius 1 is 0.370 bits per heavy atom. The molecule has 0 atom stereocenters. The zero-order valence-corrected chi connectivity index (χ0v) is 33.9. The van der Waals surface area contributed by atoms with Crippen LogP contribution in [-0.2, 0) is 0 Å². The summed E-state index contributed by atoms with van der Waals surface area (Å²) in [6.07, 6.45) is 0. The van der Waals surface area contributed by atoms with Crippen molar-refractivity contribution in [3.63, 3.8) is 0 Å². The Morgan fingerprint density at radius 2 is 0.704 bits per heavy atom. The first-order valence-electron chi connectivity index (χ1n) is 17.3. The molecule has 2 heterocycles. The molecule has 264 valence electrons. The summed E-state index contributed by atoms with van der Waals surface area (Å²) < 4.78 is 5.83. The van der Waals surface area contributed by atoms with E-state index in [2.05, 4.69) is 258 Å². The van der Waals surface area contributed by atoms with E-state index in [9.17, 15) is 0 Å². The molecule has 0 aliphatic carbocycles. The number of hydrogen-bond donors (Lipinski definition) is 1. The fraction of sp³-hybridized carbons (Fsp3) is 0.0204. The van der Waals surface area contributed by atoms with Gasteiger partial charge in [-0.25, -0.2) is 0 Å². The lowest BCUT2D eigenvalue weighted by atomic mass is 10.1. The highest BCUT2D eigenvalue weighted by Gasteiger charge is 2.11. The number of nitrogens with zero attached hydrogens (tertiary/aromatic N) is 1. The lowest BCUT2D eigenvalue weighted by molar-refractivity contribution is 1.18. The second-order valence-electron chi connectivity index (χ2n) is 12.7. The number of para-hydroxylation sites is 4. The molecule has 0 spiro atoms. The topological polar surface area (TPSA) is 20.7 Å². The number of nitrogens with one attached hydrogen (secondary N) is 1. The quantitative estimate of drug-likeness (QED) is 0.170. The molecule has 0 unspecified atom stereocenters. The number of halogens is 3. The zero-order valence-electron chi connectivity index (χ0n) is 28.6. The van der Waals surface area contributed by atoms with Gasteiger partial charge in [-0.3, -0.25) is 0 Å². The van der Waals surface area contributed by atoms with Gasteiger partial charge in [0.1, 0.15) is 0 Å². The van der Waals surface area contributed by atoms with Gasteiger partial charge >= 0.3 is 0 Å². The monoisotopic (exact) mass is 938 g/mol. The average Bonchev–Trinajstić information content (AvgIpc) is 3.76. The average molecular weight is 941 g/mol. The lowest BCUT2D eigenvalue weighted by Gasteiger charge is -2.09. The highest BCUT2D eigenvalue weighted by atomic mass is 127. The van der Waals surface area contributed by atoms with Gasteiger partial charge < -0.3 is 9.55 Å². The van der Waals surface area contributed by atoms with E-state index in [1.165, 1.54) is 75.1 Å². The third-order valence-electron chi connectivity index (χ3n) is 9.32. The first-order valence-corrected chi connectivity index (χ1v) is 20.0. The molecule has 0 amide bonds. The van der Waals surface area contributed by atoms with Crippen molar-refractivity contribution in [3.05, 3.63) is 207 Å². The summed E-state index contributed by atoms with van der Waals surface area (Å²) in [5, 5.41) is 5.19. The fourth-order valence-electron chi connectivity index (χ4n) is 6.73. The molecule has 0 radical (unpaired) electrons. The van der Waals surface area contributed by atoms with E-state index >= 15 is 0 Å². The summed E-state index contributed by atoms with van der Waals surface area (Å²) in [7, 11) is 0. The Kier molecular flexibility index (Phi) is 11.8. The SMILES string of the molecule is Brc1ccc(-c2ccc(-n3c4ccccc4c4ccccc43)cc2)cc1.Brc1ccc(-c2ccc(I)cc2)cc1.C.c1ccc2c(c1)[nH]c1ccccc12. The van der Waals surface area contributed by atoms with E-state index in [0.717, 1.165) is 8.95 Å².